The number of pyridine rings is 1. The summed E-state index contributed by atoms with van der Waals surface area (Å²) in [5.74, 6) is -1.09. The number of carbonyl (C=O) groups excluding carboxylic acids is 2. The van der Waals surface area contributed by atoms with E-state index in [1.165, 1.54) is 30.5 Å². The van der Waals surface area contributed by atoms with E-state index in [0.717, 1.165) is 23.6 Å². The molecule has 19 heteroatoms. The van der Waals surface area contributed by atoms with Crippen molar-refractivity contribution >= 4 is 50.7 Å². The maximum atomic E-state index is 14.0. The first-order chi connectivity index (χ1) is 24.1. The zero-order valence-electron chi connectivity index (χ0n) is 27.5. The van der Waals surface area contributed by atoms with E-state index in [0.29, 0.717) is 34.2 Å². The van der Waals surface area contributed by atoms with Gasteiger partial charge in [0.2, 0.25) is 10.0 Å². The van der Waals surface area contributed by atoms with Crippen LogP contribution in [0.5, 0.6) is 0 Å². The van der Waals surface area contributed by atoms with Gasteiger partial charge in [-0.3, -0.25) is 9.59 Å². The molecule has 1 atom stereocenters. The Morgan fingerprint density at radius 3 is 2.17 bits per heavy atom. The molecule has 1 saturated carbocycles. The molecule has 2 N–H and O–H groups in total. The Labute approximate surface area is 304 Å². The van der Waals surface area contributed by atoms with E-state index < -0.39 is 64.0 Å². The van der Waals surface area contributed by atoms with Gasteiger partial charge in [0.15, 0.2) is 5.82 Å². The smallest absolute Gasteiger partial charge is 0.349 e. The lowest BCUT2D eigenvalue weighted by Crippen LogP contribution is -2.34. The van der Waals surface area contributed by atoms with Crippen LogP contribution in [0.3, 0.4) is 0 Å². The Balaban J connectivity index is 1.53. The van der Waals surface area contributed by atoms with E-state index in [9.17, 15) is 44.3 Å². The number of amides is 2. The zero-order chi connectivity index (χ0) is 38.3. The number of hydrogen-bond donors (Lipinski definition) is 2. The number of rotatable bonds is 11. The van der Waals surface area contributed by atoms with Crippen LogP contribution in [0, 0.1) is 12.8 Å². The summed E-state index contributed by atoms with van der Waals surface area (Å²) in [5, 5.41) is 10.2. The highest BCUT2D eigenvalue weighted by Crippen LogP contribution is 2.37. The third kappa shape index (κ3) is 9.23. The van der Waals surface area contributed by atoms with Crippen molar-refractivity contribution in [2.24, 2.45) is 5.92 Å². The predicted molar refractivity (Wildman–Crippen MR) is 181 cm³/mol. The Bertz CT molecular complexity index is 2110. The number of anilines is 1. The van der Waals surface area contributed by atoms with Crippen LogP contribution in [0.2, 0.25) is 10.0 Å². The van der Waals surface area contributed by atoms with Crippen LogP contribution in [-0.4, -0.2) is 51.6 Å². The molecule has 2 aromatic carbocycles. The van der Waals surface area contributed by atoms with Crippen LogP contribution < -0.4 is 10.6 Å². The fourth-order valence-corrected chi connectivity index (χ4v) is 6.64. The van der Waals surface area contributed by atoms with Gasteiger partial charge in [-0.2, -0.15) is 35.7 Å². The van der Waals surface area contributed by atoms with E-state index in [1.54, 1.807) is 6.92 Å². The van der Waals surface area contributed by atoms with Crippen molar-refractivity contribution in [1.29, 1.82) is 0 Å². The van der Waals surface area contributed by atoms with Crippen molar-refractivity contribution in [3.63, 3.8) is 0 Å². The molecule has 10 nitrogen and oxygen atoms in total. The molecule has 0 spiro atoms. The van der Waals surface area contributed by atoms with Crippen molar-refractivity contribution in [1.82, 2.24) is 24.4 Å². The van der Waals surface area contributed by atoms with Gasteiger partial charge in [-0.05, 0) is 92.3 Å². The summed E-state index contributed by atoms with van der Waals surface area (Å²) in [6, 6.07) is 7.65. The lowest BCUT2D eigenvalue weighted by molar-refractivity contribution is -0.143. The second-order valence-corrected chi connectivity index (χ2v) is 15.2. The average Bonchev–Trinajstić information content (AvgIpc) is 3.80. The number of aromatic nitrogens is 3. The molecule has 1 fully saturated rings. The van der Waals surface area contributed by atoms with Crippen LogP contribution in [0.1, 0.15) is 68.6 Å². The standard InChI is InChI=1S/C33H30Cl2F6N6O4S/c1-17-9-23(34)13-25(30(48)43-18(2)20-6-7-20)28(17)44-31(49)27-14-24(45-47(27)29-26(35)5-4-8-42-29)16-46(52(3,50)51)15-19-10-21(32(36,37)38)12-22(11-19)33(39,40)41/h4-5,8-14,18,20H,6-7,15-16H2,1-3H3,(H,43,48)(H,44,49). The molecule has 4 aromatic rings. The van der Waals surface area contributed by atoms with Gasteiger partial charge in [0, 0.05) is 23.8 Å². The minimum absolute atomic E-state index is 0.0200. The molecule has 52 heavy (non-hydrogen) atoms. The number of sulfonamides is 1. The Hall–Kier alpha value is -4.19. The molecule has 0 saturated heterocycles. The molecule has 0 bridgehead atoms. The topological polar surface area (TPSA) is 126 Å². The first-order valence-corrected chi connectivity index (χ1v) is 18.1. The summed E-state index contributed by atoms with van der Waals surface area (Å²) < 4.78 is 109. The van der Waals surface area contributed by atoms with Crippen molar-refractivity contribution in [3.8, 4) is 5.82 Å². The molecule has 1 unspecified atom stereocenters. The molecule has 5 rings (SSSR count). The van der Waals surface area contributed by atoms with Gasteiger partial charge in [0.1, 0.15) is 5.69 Å². The summed E-state index contributed by atoms with van der Waals surface area (Å²) in [4.78, 5) is 31.5. The molecule has 0 aliphatic heterocycles. The van der Waals surface area contributed by atoms with Gasteiger partial charge in [0.05, 0.1) is 45.9 Å². The first kappa shape index (κ1) is 39.0. The number of nitrogens with zero attached hydrogens (tertiary/aromatic N) is 4. The summed E-state index contributed by atoms with van der Waals surface area (Å²) in [6.07, 6.45) is -6.33. The van der Waals surface area contributed by atoms with Crippen LogP contribution in [0.25, 0.3) is 5.82 Å². The fourth-order valence-electron chi connectivity index (χ4n) is 5.41. The van der Waals surface area contributed by atoms with E-state index >= 15 is 0 Å². The number of hydrogen-bond acceptors (Lipinski definition) is 6. The van der Waals surface area contributed by atoms with Gasteiger partial charge in [-0.1, -0.05) is 23.2 Å². The van der Waals surface area contributed by atoms with Crippen LogP contribution >= 0.6 is 23.2 Å². The number of benzene rings is 2. The highest BCUT2D eigenvalue weighted by Gasteiger charge is 2.37. The lowest BCUT2D eigenvalue weighted by atomic mass is 10.0. The number of alkyl halides is 6. The van der Waals surface area contributed by atoms with E-state index in [1.807, 2.05) is 6.92 Å². The minimum atomic E-state index is -5.16. The van der Waals surface area contributed by atoms with Crippen LogP contribution in [0.15, 0.2) is 54.7 Å². The largest absolute Gasteiger partial charge is 0.416 e. The molecular weight excluding hydrogens is 761 g/mol. The molecule has 2 heterocycles. The Morgan fingerprint density at radius 1 is 0.981 bits per heavy atom. The van der Waals surface area contributed by atoms with Gasteiger partial charge in [-0.25, -0.2) is 18.1 Å². The quantitative estimate of drug-likeness (QED) is 0.150. The summed E-state index contributed by atoms with van der Waals surface area (Å²) in [6.45, 7) is 1.88. The summed E-state index contributed by atoms with van der Waals surface area (Å²) in [5.41, 5.74) is -3.64. The zero-order valence-corrected chi connectivity index (χ0v) is 29.9. The van der Waals surface area contributed by atoms with Crippen molar-refractivity contribution in [2.75, 3.05) is 11.6 Å². The molecule has 0 radical (unpaired) electrons. The van der Waals surface area contributed by atoms with E-state index in [2.05, 4.69) is 20.7 Å². The third-order valence-corrected chi connectivity index (χ3v) is 9.93. The van der Waals surface area contributed by atoms with Crippen LogP contribution in [0.4, 0.5) is 32.0 Å². The molecule has 1 aliphatic rings. The second-order valence-electron chi connectivity index (χ2n) is 12.4. The number of nitrogens with one attached hydrogen (secondary N) is 2. The molecule has 2 amide bonds. The Kier molecular flexibility index (Phi) is 11.0. The Morgan fingerprint density at radius 2 is 1.62 bits per heavy atom. The van der Waals surface area contributed by atoms with Crippen LogP contribution in [-0.2, 0) is 35.5 Å². The van der Waals surface area contributed by atoms with Crippen molar-refractivity contribution < 1.29 is 44.3 Å². The molecular formula is C33H30Cl2F6N6O4S. The van der Waals surface area contributed by atoms with Gasteiger partial charge in [-0.15, -0.1) is 0 Å². The fraction of sp³-hybridized carbons (Fsp3) is 0.333. The van der Waals surface area contributed by atoms with E-state index in [4.69, 9.17) is 23.2 Å². The van der Waals surface area contributed by atoms with Crippen molar-refractivity contribution in [3.05, 3.63) is 104 Å². The first-order valence-electron chi connectivity index (χ1n) is 15.5. The number of aryl methyl sites for hydroxylation is 1. The lowest BCUT2D eigenvalue weighted by Gasteiger charge is -2.21. The minimum Gasteiger partial charge on any atom is -0.349 e. The third-order valence-electron chi connectivity index (χ3n) is 8.22. The SMILES string of the molecule is Cc1cc(Cl)cc(C(=O)NC(C)C2CC2)c1NC(=O)c1cc(CN(Cc2cc(C(F)(F)F)cc(C(F)(F)F)c2)S(C)(=O)=O)nn1-c1ncccc1Cl. The highest BCUT2D eigenvalue weighted by atomic mass is 35.5. The average molecular weight is 792 g/mol. The normalized spacial score (nSPS) is 14.4. The highest BCUT2D eigenvalue weighted by molar-refractivity contribution is 7.88. The van der Waals surface area contributed by atoms with Gasteiger partial charge in [0.25, 0.3) is 11.8 Å². The maximum absolute atomic E-state index is 14.0. The summed E-state index contributed by atoms with van der Waals surface area (Å²) >= 11 is 12.6. The number of carbonyl (C=O) groups is 2. The van der Waals surface area contributed by atoms with Gasteiger partial charge >= 0.3 is 12.4 Å². The number of halogens is 8. The van der Waals surface area contributed by atoms with E-state index in [-0.39, 0.29) is 50.6 Å². The monoisotopic (exact) mass is 790 g/mol. The van der Waals surface area contributed by atoms with Gasteiger partial charge < -0.3 is 10.6 Å². The predicted octanol–water partition coefficient (Wildman–Crippen LogP) is 7.66. The second kappa shape index (κ2) is 14.7. The molecule has 278 valence electrons. The molecule has 1 aliphatic carbocycles. The summed E-state index contributed by atoms with van der Waals surface area (Å²) in [7, 11) is -4.32. The maximum Gasteiger partial charge on any atom is 0.416 e. The van der Waals surface area contributed by atoms with Crippen molar-refractivity contribution in [2.45, 2.75) is 58.2 Å². The molecule has 2 aromatic heterocycles.